The summed E-state index contributed by atoms with van der Waals surface area (Å²) in [6.45, 7) is 0.742. The van der Waals surface area contributed by atoms with Crippen molar-refractivity contribution >= 4 is 16.7 Å². The number of nitrogens with zero attached hydrogens (tertiary/aromatic N) is 3. The molecule has 120 valence electrons. The number of hydrogen-bond acceptors (Lipinski definition) is 5. The molecular formula is C17H12F2N4O. The third kappa shape index (κ3) is 3.38. The summed E-state index contributed by atoms with van der Waals surface area (Å²) in [5.74, 6) is -0.857. The summed E-state index contributed by atoms with van der Waals surface area (Å²) in [5.41, 5.74) is 0.876. The van der Waals surface area contributed by atoms with Crippen LogP contribution >= 0.6 is 0 Å². The lowest BCUT2D eigenvalue weighted by Crippen LogP contribution is -2.12. The first-order valence-electron chi connectivity index (χ1n) is 7.14. The molecule has 0 radical (unpaired) electrons. The van der Waals surface area contributed by atoms with Crippen LogP contribution in [0.3, 0.4) is 0 Å². The lowest BCUT2D eigenvalue weighted by molar-refractivity contribution is 0.333. The molecule has 7 heteroatoms. The highest BCUT2D eigenvalue weighted by atomic mass is 19.2. The van der Waals surface area contributed by atoms with E-state index in [2.05, 4.69) is 15.3 Å². The zero-order chi connectivity index (χ0) is 16.9. The van der Waals surface area contributed by atoms with Gasteiger partial charge in [-0.25, -0.2) is 18.7 Å². The first-order valence-corrected chi connectivity index (χ1v) is 7.14. The summed E-state index contributed by atoms with van der Waals surface area (Å²) in [4.78, 5) is 7.96. The topological polar surface area (TPSA) is 70.8 Å². The number of nitrogens with one attached hydrogen (secondary N) is 1. The van der Waals surface area contributed by atoms with E-state index in [1.165, 1.54) is 6.33 Å². The zero-order valence-corrected chi connectivity index (χ0v) is 12.5. The summed E-state index contributed by atoms with van der Waals surface area (Å²) in [6, 6.07) is 10.9. The van der Waals surface area contributed by atoms with E-state index in [4.69, 9.17) is 10.00 Å². The molecule has 2 aromatic carbocycles. The average molecular weight is 326 g/mol. The minimum atomic E-state index is -0.950. The van der Waals surface area contributed by atoms with Crippen LogP contribution in [0.5, 0.6) is 5.75 Å². The minimum Gasteiger partial charge on any atom is -0.492 e. The van der Waals surface area contributed by atoms with Crippen molar-refractivity contribution < 1.29 is 13.5 Å². The molecule has 3 aromatic rings. The molecule has 0 unspecified atom stereocenters. The third-order valence-corrected chi connectivity index (χ3v) is 3.32. The molecular weight excluding hydrogens is 314 g/mol. The quantitative estimate of drug-likeness (QED) is 0.729. The molecule has 0 bridgehead atoms. The molecule has 0 atom stereocenters. The average Bonchev–Trinajstić information content (AvgIpc) is 2.60. The maximum Gasteiger partial charge on any atom is 0.161 e. The van der Waals surface area contributed by atoms with E-state index < -0.39 is 11.6 Å². The van der Waals surface area contributed by atoms with E-state index in [1.54, 1.807) is 24.3 Å². The van der Waals surface area contributed by atoms with Gasteiger partial charge >= 0.3 is 0 Å². The number of aromatic nitrogens is 2. The van der Waals surface area contributed by atoms with Gasteiger partial charge in [-0.3, -0.25) is 0 Å². The second-order valence-corrected chi connectivity index (χ2v) is 4.92. The van der Waals surface area contributed by atoms with E-state index in [1.807, 2.05) is 6.07 Å². The standard InChI is InChI=1S/C17H12F2N4O/c18-14-7-13-16(8-15(14)19)22-10-23-17(13)21-5-6-24-12-3-1-11(9-20)2-4-12/h1-4,7-8,10H,5-6H2,(H,21,22,23). The predicted molar refractivity (Wildman–Crippen MR) is 84.6 cm³/mol. The molecule has 0 fully saturated rings. The SMILES string of the molecule is N#Cc1ccc(OCCNc2ncnc3cc(F)c(F)cc23)cc1. The highest BCUT2D eigenvalue weighted by Crippen LogP contribution is 2.22. The van der Waals surface area contributed by atoms with Gasteiger partial charge in [0.1, 0.15) is 24.5 Å². The van der Waals surface area contributed by atoms with Crippen LogP contribution in [-0.2, 0) is 0 Å². The first kappa shape index (κ1) is 15.6. The van der Waals surface area contributed by atoms with Gasteiger partial charge in [0, 0.05) is 11.5 Å². The highest BCUT2D eigenvalue weighted by Gasteiger charge is 2.09. The van der Waals surface area contributed by atoms with Crippen LogP contribution in [0.15, 0.2) is 42.7 Å². The number of halogens is 2. The summed E-state index contributed by atoms with van der Waals surface area (Å²) in [6.07, 6.45) is 1.28. The van der Waals surface area contributed by atoms with Crippen LogP contribution in [0.1, 0.15) is 5.56 Å². The maximum absolute atomic E-state index is 13.4. The number of benzene rings is 2. The van der Waals surface area contributed by atoms with Gasteiger partial charge < -0.3 is 10.1 Å². The molecule has 0 aliphatic heterocycles. The molecule has 0 saturated carbocycles. The molecule has 24 heavy (non-hydrogen) atoms. The predicted octanol–water partition coefficient (Wildman–Crippen LogP) is 3.27. The molecule has 0 amide bonds. The van der Waals surface area contributed by atoms with Crippen molar-refractivity contribution in [2.45, 2.75) is 0 Å². The fourth-order valence-electron chi connectivity index (χ4n) is 2.16. The van der Waals surface area contributed by atoms with Gasteiger partial charge in [0.2, 0.25) is 0 Å². The van der Waals surface area contributed by atoms with E-state index in [0.717, 1.165) is 12.1 Å². The highest BCUT2D eigenvalue weighted by molar-refractivity contribution is 5.88. The Morgan fingerprint density at radius 3 is 2.58 bits per heavy atom. The molecule has 1 aromatic heterocycles. The van der Waals surface area contributed by atoms with E-state index in [-0.39, 0.29) is 0 Å². The normalized spacial score (nSPS) is 10.4. The number of nitriles is 1. The first-order chi connectivity index (χ1) is 11.7. The van der Waals surface area contributed by atoms with Gasteiger partial charge in [0.15, 0.2) is 11.6 Å². The Balaban J connectivity index is 1.63. The summed E-state index contributed by atoms with van der Waals surface area (Å²) >= 11 is 0. The molecule has 5 nitrogen and oxygen atoms in total. The molecule has 1 heterocycles. The van der Waals surface area contributed by atoms with Crippen LogP contribution < -0.4 is 10.1 Å². The van der Waals surface area contributed by atoms with Crippen LogP contribution in [0.4, 0.5) is 14.6 Å². The fraction of sp³-hybridized carbons (Fsp3) is 0.118. The Morgan fingerprint density at radius 1 is 1.08 bits per heavy atom. The smallest absolute Gasteiger partial charge is 0.161 e. The van der Waals surface area contributed by atoms with Crippen LogP contribution in [0.25, 0.3) is 10.9 Å². The molecule has 0 spiro atoms. The van der Waals surface area contributed by atoms with Crippen LogP contribution in [-0.4, -0.2) is 23.1 Å². The lowest BCUT2D eigenvalue weighted by Gasteiger charge is -2.10. The van der Waals surface area contributed by atoms with Crippen molar-refractivity contribution in [3.8, 4) is 11.8 Å². The maximum atomic E-state index is 13.4. The number of hydrogen-bond donors (Lipinski definition) is 1. The lowest BCUT2D eigenvalue weighted by atomic mass is 10.2. The van der Waals surface area contributed by atoms with Gasteiger partial charge in [0.05, 0.1) is 23.7 Å². The van der Waals surface area contributed by atoms with E-state index >= 15 is 0 Å². The second-order valence-electron chi connectivity index (χ2n) is 4.92. The second kappa shape index (κ2) is 6.87. The van der Waals surface area contributed by atoms with Crippen molar-refractivity contribution in [2.75, 3.05) is 18.5 Å². The summed E-state index contributed by atoms with van der Waals surface area (Å²) < 4.78 is 32.2. The Hall–Kier alpha value is -3.27. The summed E-state index contributed by atoms with van der Waals surface area (Å²) in [7, 11) is 0. The molecule has 0 aliphatic carbocycles. The fourth-order valence-corrected chi connectivity index (χ4v) is 2.16. The van der Waals surface area contributed by atoms with E-state index in [9.17, 15) is 8.78 Å². The number of ether oxygens (including phenoxy) is 1. The van der Waals surface area contributed by atoms with E-state index in [0.29, 0.717) is 41.2 Å². The molecule has 0 saturated heterocycles. The molecule has 0 aliphatic rings. The van der Waals surface area contributed by atoms with Gasteiger partial charge in [0.25, 0.3) is 0 Å². The monoisotopic (exact) mass is 326 g/mol. The summed E-state index contributed by atoms with van der Waals surface area (Å²) in [5, 5.41) is 12.1. The Kier molecular flexibility index (Phi) is 4.47. The number of rotatable bonds is 5. The number of anilines is 1. The van der Waals surface area contributed by atoms with Gasteiger partial charge in [-0.1, -0.05) is 0 Å². The Labute approximate surface area is 136 Å². The molecule has 3 rings (SSSR count). The number of fused-ring (bicyclic) bond motifs is 1. The van der Waals surface area contributed by atoms with Crippen molar-refractivity contribution in [2.24, 2.45) is 0 Å². The van der Waals surface area contributed by atoms with Crippen molar-refractivity contribution in [3.05, 3.63) is 59.9 Å². The Morgan fingerprint density at radius 2 is 1.83 bits per heavy atom. The van der Waals surface area contributed by atoms with Gasteiger partial charge in [-0.15, -0.1) is 0 Å². The Bertz CT molecular complexity index is 907. The van der Waals surface area contributed by atoms with Crippen LogP contribution in [0, 0.1) is 23.0 Å². The van der Waals surface area contributed by atoms with Crippen LogP contribution in [0.2, 0.25) is 0 Å². The third-order valence-electron chi connectivity index (χ3n) is 3.32. The zero-order valence-electron chi connectivity index (χ0n) is 12.5. The van der Waals surface area contributed by atoms with Gasteiger partial charge in [-0.05, 0) is 30.3 Å². The minimum absolute atomic E-state index is 0.319. The van der Waals surface area contributed by atoms with Crippen molar-refractivity contribution in [1.29, 1.82) is 5.26 Å². The van der Waals surface area contributed by atoms with Gasteiger partial charge in [-0.2, -0.15) is 5.26 Å². The van der Waals surface area contributed by atoms with Crippen molar-refractivity contribution in [1.82, 2.24) is 9.97 Å². The molecule has 1 N–H and O–H groups in total. The largest absolute Gasteiger partial charge is 0.492 e. The van der Waals surface area contributed by atoms with Crippen molar-refractivity contribution in [3.63, 3.8) is 0 Å².